The van der Waals surface area contributed by atoms with Crippen LogP contribution in [0.1, 0.15) is 60.1 Å². The number of aliphatic hydroxyl groups is 1. The molecule has 3 heteroatoms. The third-order valence-electron chi connectivity index (χ3n) is 5.77. The van der Waals surface area contributed by atoms with Crippen LogP contribution < -0.4 is 5.32 Å². The summed E-state index contributed by atoms with van der Waals surface area (Å²) in [4.78, 5) is 0. The number of aryl methyl sites for hydroxylation is 2. The average Bonchev–Trinajstić information content (AvgIpc) is 2.70. The molecular formula is C23H29NO2. The summed E-state index contributed by atoms with van der Waals surface area (Å²) in [5, 5.41) is 14.0. The molecule has 0 spiro atoms. The maximum atomic E-state index is 10.4. The molecule has 0 amide bonds. The number of nitrogens with one attached hydrogen (secondary N) is 1. The van der Waals surface area contributed by atoms with E-state index in [0.29, 0.717) is 19.2 Å². The van der Waals surface area contributed by atoms with Crippen molar-refractivity contribution in [1.29, 1.82) is 0 Å². The summed E-state index contributed by atoms with van der Waals surface area (Å²) in [7, 11) is 0. The van der Waals surface area contributed by atoms with Crippen molar-refractivity contribution in [1.82, 2.24) is 5.32 Å². The molecule has 26 heavy (non-hydrogen) atoms. The zero-order valence-electron chi connectivity index (χ0n) is 15.4. The summed E-state index contributed by atoms with van der Waals surface area (Å²) in [6.45, 7) is 0.966. The van der Waals surface area contributed by atoms with Gasteiger partial charge in [-0.1, -0.05) is 48.5 Å². The van der Waals surface area contributed by atoms with Gasteiger partial charge in [0.15, 0.2) is 0 Å². The van der Waals surface area contributed by atoms with Gasteiger partial charge in [-0.2, -0.15) is 0 Å². The molecule has 0 aromatic heterocycles. The summed E-state index contributed by atoms with van der Waals surface area (Å²) >= 11 is 0. The molecule has 0 unspecified atom stereocenters. The number of fused-ring (bicyclic) bond motifs is 2. The molecule has 3 nitrogen and oxygen atoms in total. The van der Waals surface area contributed by atoms with E-state index in [4.69, 9.17) is 4.74 Å². The van der Waals surface area contributed by atoms with Crippen LogP contribution in [0.15, 0.2) is 48.5 Å². The van der Waals surface area contributed by atoms with Crippen molar-refractivity contribution in [2.75, 3.05) is 13.2 Å². The first-order valence-corrected chi connectivity index (χ1v) is 10.00. The SMILES string of the molecule is O[C@H](CN[C@@H]1CCCc2ccccc21)CO[C@@H]1CCCc2ccccc21. The van der Waals surface area contributed by atoms with Gasteiger partial charge in [-0.25, -0.2) is 0 Å². The quantitative estimate of drug-likeness (QED) is 0.823. The fourth-order valence-corrected chi connectivity index (χ4v) is 4.41. The Hall–Kier alpha value is -1.68. The molecule has 0 saturated heterocycles. The Morgan fingerprint density at radius 1 is 0.923 bits per heavy atom. The van der Waals surface area contributed by atoms with E-state index >= 15 is 0 Å². The van der Waals surface area contributed by atoms with Crippen LogP contribution in [0.2, 0.25) is 0 Å². The van der Waals surface area contributed by atoms with Crippen molar-refractivity contribution in [3.63, 3.8) is 0 Å². The molecule has 0 fully saturated rings. The molecule has 4 rings (SSSR count). The van der Waals surface area contributed by atoms with Gasteiger partial charge in [0.1, 0.15) is 0 Å². The summed E-state index contributed by atoms with van der Waals surface area (Å²) in [5.74, 6) is 0. The molecule has 2 aromatic carbocycles. The Balaban J connectivity index is 1.29. The summed E-state index contributed by atoms with van der Waals surface area (Å²) in [6, 6.07) is 17.6. The van der Waals surface area contributed by atoms with E-state index in [2.05, 4.69) is 53.8 Å². The van der Waals surface area contributed by atoms with Gasteiger partial charge in [-0.3, -0.25) is 0 Å². The first kappa shape index (κ1) is 17.7. The third kappa shape index (κ3) is 4.01. The summed E-state index contributed by atoms with van der Waals surface area (Å²) in [6.07, 6.45) is 6.52. The summed E-state index contributed by atoms with van der Waals surface area (Å²) in [5.41, 5.74) is 5.55. The molecule has 2 aliphatic carbocycles. The van der Waals surface area contributed by atoms with Crippen LogP contribution >= 0.6 is 0 Å². The second-order valence-electron chi connectivity index (χ2n) is 7.62. The van der Waals surface area contributed by atoms with E-state index in [1.165, 1.54) is 35.1 Å². The average molecular weight is 351 g/mol. The van der Waals surface area contributed by atoms with Crippen LogP contribution in [0.5, 0.6) is 0 Å². The second-order valence-corrected chi connectivity index (χ2v) is 7.62. The predicted octanol–water partition coefficient (Wildman–Crippen LogP) is 4.11. The molecule has 0 heterocycles. The lowest BCUT2D eigenvalue weighted by Crippen LogP contribution is -2.35. The normalized spacial score (nSPS) is 23.1. The van der Waals surface area contributed by atoms with E-state index in [1.807, 2.05) is 0 Å². The number of aliphatic hydroxyl groups excluding tert-OH is 1. The largest absolute Gasteiger partial charge is 0.389 e. The van der Waals surface area contributed by atoms with E-state index in [-0.39, 0.29) is 6.10 Å². The highest BCUT2D eigenvalue weighted by molar-refractivity contribution is 5.32. The Labute approximate surface area is 156 Å². The lowest BCUT2D eigenvalue weighted by atomic mass is 9.88. The standard InChI is InChI=1S/C23H29NO2/c25-19(15-24-22-13-5-9-17-7-1-3-11-20(17)22)16-26-23-14-6-10-18-8-2-4-12-21(18)23/h1-4,7-8,11-12,19,22-25H,5-6,9-10,13-16H2/t19-,22-,23-/m1/s1. The lowest BCUT2D eigenvalue weighted by molar-refractivity contribution is -0.0175. The van der Waals surface area contributed by atoms with Crippen LogP contribution in [0.3, 0.4) is 0 Å². The predicted molar refractivity (Wildman–Crippen MR) is 104 cm³/mol. The van der Waals surface area contributed by atoms with Crippen LogP contribution in [0.25, 0.3) is 0 Å². The molecule has 0 saturated carbocycles. The highest BCUT2D eigenvalue weighted by atomic mass is 16.5. The Kier molecular flexibility index (Phi) is 5.68. The Morgan fingerprint density at radius 3 is 2.38 bits per heavy atom. The van der Waals surface area contributed by atoms with E-state index in [0.717, 1.165) is 25.7 Å². The maximum absolute atomic E-state index is 10.4. The molecule has 0 bridgehead atoms. The first-order chi connectivity index (χ1) is 12.8. The number of rotatable bonds is 6. The van der Waals surface area contributed by atoms with E-state index in [9.17, 15) is 5.11 Å². The topological polar surface area (TPSA) is 41.5 Å². The van der Waals surface area contributed by atoms with Crippen LogP contribution in [0.4, 0.5) is 0 Å². The van der Waals surface area contributed by atoms with Gasteiger partial charge in [-0.15, -0.1) is 0 Å². The lowest BCUT2D eigenvalue weighted by Gasteiger charge is -2.29. The minimum absolute atomic E-state index is 0.130. The molecule has 2 N–H and O–H groups in total. The minimum Gasteiger partial charge on any atom is -0.389 e. The Morgan fingerprint density at radius 2 is 1.58 bits per heavy atom. The first-order valence-electron chi connectivity index (χ1n) is 10.00. The van der Waals surface area contributed by atoms with Crippen LogP contribution in [-0.4, -0.2) is 24.4 Å². The molecule has 138 valence electrons. The second kappa shape index (κ2) is 8.34. The van der Waals surface area contributed by atoms with Crippen molar-refractivity contribution in [3.05, 3.63) is 70.8 Å². The van der Waals surface area contributed by atoms with Crippen molar-refractivity contribution >= 4 is 0 Å². The van der Waals surface area contributed by atoms with Gasteiger partial charge >= 0.3 is 0 Å². The maximum Gasteiger partial charge on any atom is 0.0898 e. The zero-order chi connectivity index (χ0) is 17.8. The molecule has 0 aliphatic heterocycles. The van der Waals surface area contributed by atoms with Crippen molar-refractivity contribution in [3.8, 4) is 0 Å². The minimum atomic E-state index is -0.474. The van der Waals surface area contributed by atoms with Gasteiger partial charge < -0.3 is 15.2 Å². The molecule has 0 radical (unpaired) electrons. The Bertz CT molecular complexity index is 668. The van der Waals surface area contributed by atoms with Gasteiger partial charge in [0, 0.05) is 12.6 Å². The highest BCUT2D eigenvalue weighted by Crippen LogP contribution is 2.32. The monoisotopic (exact) mass is 351 g/mol. The van der Waals surface area contributed by atoms with Crippen molar-refractivity contribution in [2.24, 2.45) is 0 Å². The van der Waals surface area contributed by atoms with Crippen LogP contribution in [-0.2, 0) is 17.6 Å². The van der Waals surface area contributed by atoms with E-state index < -0.39 is 6.10 Å². The van der Waals surface area contributed by atoms with Gasteiger partial charge in [0.2, 0.25) is 0 Å². The number of hydrogen-bond donors (Lipinski definition) is 2. The van der Waals surface area contributed by atoms with Crippen molar-refractivity contribution in [2.45, 2.75) is 56.8 Å². The number of benzene rings is 2. The fourth-order valence-electron chi connectivity index (χ4n) is 4.41. The number of hydrogen-bond acceptors (Lipinski definition) is 3. The molecular weight excluding hydrogens is 322 g/mol. The molecule has 2 aromatic rings. The highest BCUT2D eigenvalue weighted by Gasteiger charge is 2.23. The number of ether oxygens (including phenoxy) is 1. The van der Waals surface area contributed by atoms with Gasteiger partial charge in [0.25, 0.3) is 0 Å². The summed E-state index contributed by atoms with van der Waals surface area (Å²) < 4.78 is 6.09. The third-order valence-corrected chi connectivity index (χ3v) is 5.77. The van der Waals surface area contributed by atoms with E-state index in [1.54, 1.807) is 0 Å². The zero-order valence-corrected chi connectivity index (χ0v) is 15.4. The van der Waals surface area contributed by atoms with Gasteiger partial charge in [-0.05, 0) is 60.8 Å². The van der Waals surface area contributed by atoms with Gasteiger partial charge in [0.05, 0.1) is 18.8 Å². The smallest absolute Gasteiger partial charge is 0.0898 e. The molecule has 3 atom stereocenters. The van der Waals surface area contributed by atoms with Crippen molar-refractivity contribution < 1.29 is 9.84 Å². The fraction of sp³-hybridized carbons (Fsp3) is 0.478. The van der Waals surface area contributed by atoms with Crippen LogP contribution in [0, 0.1) is 0 Å². The molecule has 2 aliphatic rings.